The lowest BCUT2D eigenvalue weighted by molar-refractivity contribution is -0.385. The molecule has 2 aromatic carbocycles. The standard InChI is InChI=1S/C19H18N2O7/c1-26-19(23)20(11-13-5-3-2-4-6-13)8-7-16(22)14-9-17-18(28-12-27-17)10-15(14)21(24)25/h2-6,9-10H,7-8,11-12H2,1H3. The van der Waals surface area contributed by atoms with E-state index in [0.717, 1.165) is 5.56 Å². The molecule has 1 aliphatic rings. The van der Waals surface area contributed by atoms with Crippen molar-refractivity contribution in [3.8, 4) is 11.5 Å². The van der Waals surface area contributed by atoms with Gasteiger partial charge in [0.25, 0.3) is 5.69 Å². The van der Waals surface area contributed by atoms with Crippen molar-refractivity contribution in [3.05, 3.63) is 63.7 Å². The van der Waals surface area contributed by atoms with Gasteiger partial charge in [0.15, 0.2) is 17.3 Å². The van der Waals surface area contributed by atoms with Crippen LogP contribution in [0.15, 0.2) is 42.5 Å². The number of methoxy groups -OCH3 is 1. The Bertz CT molecular complexity index is 899. The molecule has 1 amide bonds. The summed E-state index contributed by atoms with van der Waals surface area (Å²) in [5.41, 5.74) is 0.426. The first-order chi connectivity index (χ1) is 13.5. The zero-order valence-corrected chi connectivity index (χ0v) is 15.1. The molecule has 0 atom stereocenters. The molecule has 0 saturated carbocycles. The third-order valence-electron chi connectivity index (χ3n) is 4.25. The molecule has 0 aliphatic carbocycles. The summed E-state index contributed by atoms with van der Waals surface area (Å²) in [6.07, 6.45) is -0.695. The summed E-state index contributed by atoms with van der Waals surface area (Å²) in [5.74, 6) is 0.0264. The molecule has 0 fully saturated rings. The maximum absolute atomic E-state index is 12.7. The monoisotopic (exact) mass is 386 g/mol. The molecule has 0 spiro atoms. The summed E-state index contributed by atoms with van der Waals surface area (Å²) in [5, 5.41) is 11.3. The van der Waals surface area contributed by atoms with Gasteiger partial charge >= 0.3 is 6.09 Å². The average molecular weight is 386 g/mol. The van der Waals surface area contributed by atoms with Crippen LogP contribution >= 0.6 is 0 Å². The lowest BCUT2D eigenvalue weighted by Crippen LogP contribution is -2.32. The summed E-state index contributed by atoms with van der Waals surface area (Å²) < 4.78 is 15.1. The van der Waals surface area contributed by atoms with E-state index in [1.54, 1.807) is 0 Å². The fraction of sp³-hybridized carbons (Fsp3) is 0.263. The molecular weight excluding hydrogens is 368 g/mol. The Morgan fingerprint density at radius 1 is 1.18 bits per heavy atom. The molecule has 0 radical (unpaired) electrons. The largest absolute Gasteiger partial charge is 0.454 e. The first-order valence-electron chi connectivity index (χ1n) is 8.47. The zero-order valence-electron chi connectivity index (χ0n) is 15.1. The number of rotatable bonds is 7. The Hall–Kier alpha value is -3.62. The SMILES string of the molecule is COC(=O)N(CCC(=O)c1cc2c(cc1[N+](=O)[O-])OCO2)Cc1ccccc1. The molecule has 2 aromatic rings. The third kappa shape index (κ3) is 4.20. The van der Waals surface area contributed by atoms with E-state index in [0.29, 0.717) is 0 Å². The van der Waals surface area contributed by atoms with Gasteiger partial charge in [0.1, 0.15) is 0 Å². The van der Waals surface area contributed by atoms with Crippen molar-refractivity contribution in [1.29, 1.82) is 0 Å². The van der Waals surface area contributed by atoms with Crippen molar-refractivity contribution in [2.75, 3.05) is 20.4 Å². The van der Waals surface area contributed by atoms with Gasteiger partial charge in [0.05, 0.1) is 23.7 Å². The lowest BCUT2D eigenvalue weighted by Gasteiger charge is -2.21. The minimum absolute atomic E-state index is 0.0476. The lowest BCUT2D eigenvalue weighted by atomic mass is 10.0. The van der Waals surface area contributed by atoms with Gasteiger partial charge in [-0.25, -0.2) is 4.79 Å². The fourth-order valence-electron chi connectivity index (χ4n) is 2.84. The molecule has 0 unspecified atom stereocenters. The van der Waals surface area contributed by atoms with Crippen LogP contribution in [0.3, 0.4) is 0 Å². The molecule has 0 bridgehead atoms. The highest BCUT2D eigenvalue weighted by Gasteiger charge is 2.27. The smallest absolute Gasteiger partial charge is 0.409 e. The van der Waals surface area contributed by atoms with Crippen molar-refractivity contribution < 1.29 is 28.7 Å². The van der Waals surface area contributed by atoms with Crippen LogP contribution in [0, 0.1) is 10.1 Å². The number of Topliss-reactive ketones (excluding diaryl/α,β-unsaturated/α-hetero) is 1. The first-order valence-corrected chi connectivity index (χ1v) is 8.47. The van der Waals surface area contributed by atoms with E-state index in [1.807, 2.05) is 30.3 Å². The van der Waals surface area contributed by atoms with Crippen LogP contribution in [-0.4, -0.2) is 42.1 Å². The van der Waals surface area contributed by atoms with Crippen LogP contribution in [0.2, 0.25) is 0 Å². The molecular formula is C19H18N2O7. The van der Waals surface area contributed by atoms with Crippen molar-refractivity contribution >= 4 is 17.6 Å². The number of amides is 1. The van der Waals surface area contributed by atoms with Crippen molar-refractivity contribution in [1.82, 2.24) is 4.90 Å². The second kappa shape index (κ2) is 8.38. The highest BCUT2D eigenvalue weighted by atomic mass is 16.7. The number of ketones is 1. The molecule has 9 heteroatoms. The predicted molar refractivity (Wildman–Crippen MR) is 97.4 cm³/mol. The number of hydrogen-bond acceptors (Lipinski definition) is 7. The van der Waals surface area contributed by atoms with Gasteiger partial charge in [-0.15, -0.1) is 0 Å². The predicted octanol–water partition coefficient (Wildman–Crippen LogP) is 3.16. The average Bonchev–Trinajstić information content (AvgIpc) is 3.17. The number of carbonyl (C=O) groups is 2. The van der Waals surface area contributed by atoms with Crippen LogP contribution in [0.1, 0.15) is 22.3 Å². The Labute approximate surface area is 160 Å². The van der Waals surface area contributed by atoms with E-state index >= 15 is 0 Å². The van der Waals surface area contributed by atoms with Crippen LogP contribution in [0.4, 0.5) is 10.5 Å². The Balaban J connectivity index is 1.76. The number of nitro benzene ring substituents is 1. The molecule has 146 valence electrons. The molecule has 0 saturated heterocycles. The van der Waals surface area contributed by atoms with Gasteiger partial charge in [-0.05, 0) is 5.56 Å². The van der Waals surface area contributed by atoms with Crippen LogP contribution in [0.25, 0.3) is 0 Å². The van der Waals surface area contributed by atoms with Crippen molar-refractivity contribution in [3.63, 3.8) is 0 Å². The maximum Gasteiger partial charge on any atom is 0.409 e. The number of nitrogens with zero attached hydrogens (tertiary/aromatic N) is 2. The van der Waals surface area contributed by atoms with Gasteiger partial charge in [-0.3, -0.25) is 14.9 Å². The molecule has 1 heterocycles. The molecule has 28 heavy (non-hydrogen) atoms. The van der Waals surface area contributed by atoms with Crippen molar-refractivity contribution in [2.24, 2.45) is 0 Å². The van der Waals surface area contributed by atoms with Crippen LogP contribution in [-0.2, 0) is 11.3 Å². The second-order valence-electron chi connectivity index (χ2n) is 6.03. The summed E-state index contributed by atoms with van der Waals surface area (Å²) in [6, 6.07) is 11.7. The summed E-state index contributed by atoms with van der Waals surface area (Å²) in [7, 11) is 1.25. The first kappa shape index (κ1) is 19.2. The normalized spacial score (nSPS) is 11.8. The number of fused-ring (bicyclic) bond motifs is 1. The maximum atomic E-state index is 12.7. The van der Waals surface area contributed by atoms with E-state index in [2.05, 4.69) is 0 Å². The fourth-order valence-corrected chi connectivity index (χ4v) is 2.84. The highest BCUT2D eigenvalue weighted by Crippen LogP contribution is 2.38. The summed E-state index contributed by atoms with van der Waals surface area (Å²) in [4.78, 5) is 36.8. The summed E-state index contributed by atoms with van der Waals surface area (Å²) in [6.45, 7) is 0.243. The zero-order chi connectivity index (χ0) is 20.1. The molecule has 9 nitrogen and oxygen atoms in total. The Morgan fingerprint density at radius 3 is 2.50 bits per heavy atom. The van der Waals surface area contributed by atoms with E-state index < -0.39 is 16.8 Å². The van der Waals surface area contributed by atoms with Gasteiger partial charge in [-0.2, -0.15) is 0 Å². The molecule has 0 N–H and O–H groups in total. The van der Waals surface area contributed by atoms with E-state index in [-0.39, 0.29) is 49.1 Å². The highest BCUT2D eigenvalue weighted by molar-refractivity contribution is 6.01. The van der Waals surface area contributed by atoms with Gasteiger partial charge in [-0.1, -0.05) is 30.3 Å². The van der Waals surface area contributed by atoms with Gasteiger partial charge in [0, 0.05) is 25.6 Å². The van der Waals surface area contributed by atoms with E-state index in [9.17, 15) is 19.7 Å². The minimum Gasteiger partial charge on any atom is -0.454 e. The summed E-state index contributed by atoms with van der Waals surface area (Å²) >= 11 is 0. The molecule has 3 rings (SSSR count). The van der Waals surface area contributed by atoms with E-state index in [4.69, 9.17) is 14.2 Å². The third-order valence-corrected chi connectivity index (χ3v) is 4.25. The number of carbonyl (C=O) groups excluding carboxylic acids is 2. The number of hydrogen-bond donors (Lipinski definition) is 0. The quantitative estimate of drug-likeness (QED) is 0.408. The number of ether oxygens (including phenoxy) is 3. The number of nitro groups is 1. The molecule has 1 aliphatic heterocycles. The van der Waals surface area contributed by atoms with E-state index in [1.165, 1.54) is 24.1 Å². The van der Waals surface area contributed by atoms with Crippen molar-refractivity contribution in [2.45, 2.75) is 13.0 Å². The Kier molecular flexibility index (Phi) is 5.73. The van der Waals surface area contributed by atoms with Crippen LogP contribution < -0.4 is 9.47 Å². The molecule has 0 aromatic heterocycles. The van der Waals surface area contributed by atoms with Gasteiger partial charge < -0.3 is 19.1 Å². The second-order valence-corrected chi connectivity index (χ2v) is 6.03. The minimum atomic E-state index is -0.642. The van der Waals surface area contributed by atoms with Gasteiger partial charge in [0.2, 0.25) is 6.79 Å². The number of benzene rings is 2. The Morgan fingerprint density at radius 2 is 1.86 bits per heavy atom. The topological polar surface area (TPSA) is 108 Å². The van der Waals surface area contributed by atoms with Crippen LogP contribution in [0.5, 0.6) is 11.5 Å².